The average Bonchev–Trinajstić information content (AvgIpc) is 3.28. The zero-order valence-corrected chi connectivity index (χ0v) is 15.6. The lowest BCUT2D eigenvalue weighted by Crippen LogP contribution is -2.48. The van der Waals surface area contributed by atoms with Gasteiger partial charge in [-0.2, -0.15) is 0 Å². The number of carbonyl (C=O) groups is 2. The largest absolute Gasteiger partial charge is 0.319 e. The second-order valence-electron chi connectivity index (χ2n) is 6.43. The lowest BCUT2D eigenvalue weighted by Gasteiger charge is -2.28. The van der Waals surface area contributed by atoms with Crippen LogP contribution < -0.4 is 5.32 Å². The molecule has 2 saturated heterocycles. The summed E-state index contributed by atoms with van der Waals surface area (Å²) < 4.78 is 0. The zero-order valence-electron chi connectivity index (χ0n) is 13.9. The van der Waals surface area contributed by atoms with Crippen LogP contribution >= 0.6 is 23.1 Å². The summed E-state index contributed by atoms with van der Waals surface area (Å²) in [5.74, 6) is 0.784. The lowest BCUT2D eigenvalue weighted by molar-refractivity contribution is -0.133. The van der Waals surface area contributed by atoms with E-state index in [0.717, 1.165) is 17.1 Å². The van der Waals surface area contributed by atoms with Gasteiger partial charge < -0.3 is 4.90 Å². The minimum absolute atomic E-state index is 0.0827. The minimum Gasteiger partial charge on any atom is -0.319 e. The number of nitrogens with zero attached hydrogens (tertiary/aromatic N) is 2. The molecule has 2 fully saturated rings. The van der Waals surface area contributed by atoms with Gasteiger partial charge in [-0.3, -0.25) is 14.9 Å². The van der Waals surface area contributed by atoms with E-state index in [1.165, 1.54) is 22.5 Å². The predicted molar refractivity (Wildman–Crippen MR) is 101 cm³/mol. The molecule has 1 N–H and O–H groups in total. The van der Waals surface area contributed by atoms with Crippen LogP contribution in [0.3, 0.4) is 0 Å². The summed E-state index contributed by atoms with van der Waals surface area (Å²) in [6.07, 6.45) is 3.66. The Bertz CT molecular complexity index is 818. The van der Waals surface area contributed by atoms with Crippen LogP contribution in [0.15, 0.2) is 30.5 Å². The van der Waals surface area contributed by atoms with Gasteiger partial charge in [-0.1, -0.05) is 29.8 Å². The molecule has 2 aromatic rings. The van der Waals surface area contributed by atoms with E-state index >= 15 is 0 Å². The SMILES string of the molecule is Cc1ccc(Cc2cnc(NC(=O)[C@@]34CCC(=O)N3CCS4)s2)cc1. The van der Waals surface area contributed by atoms with Crippen molar-refractivity contribution < 1.29 is 9.59 Å². The van der Waals surface area contributed by atoms with Crippen molar-refractivity contribution in [2.45, 2.75) is 31.1 Å². The van der Waals surface area contributed by atoms with Gasteiger partial charge in [0.25, 0.3) is 5.91 Å². The van der Waals surface area contributed by atoms with Crippen LogP contribution in [0.5, 0.6) is 0 Å². The number of anilines is 1. The Morgan fingerprint density at radius 3 is 2.96 bits per heavy atom. The number of amides is 2. The van der Waals surface area contributed by atoms with Gasteiger partial charge in [0.15, 0.2) is 10.0 Å². The molecule has 0 spiro atoms. The second-order valence-corrected chi connectivity index (χ2v) is 8.91. The molecule has 7 heteroatoms. The Hall–Kier alpha value is -1.86. The number of nitrogens with one attached hydrogen (secondary N) is 1. The molecular formula is C18H19N3O2S2. The van der Waals surface area contributed by atoms with E-state index in [1.807, 2.05) is 6.20 Å². The summed E-state index contributed by atoms with van der Waals surface area (Å²) >= 11 is 3.07. The molecular weight excluding hydrogens is 354 g/mol. The highest BCUT2D eigenvalue weighted by Gasteiger charge is 2.54. The fourth-order valence-corrected chi connectivity index (χ4v) is 5.59. The summed E-state index contributed by atoms with van der Waals surface area (Å²) in [6, 6.07) is 8.43. The normalized spacial score (nSPS) is 22.3. The molecule has 2 aliphatic rings. The van der Waals surface area contributed by atoms with E-state index in [9.17, 15) is 9.59 Å². The lowest BCUT2D eigenvalue weighted by atomic mass is 10.1. The van der Waals surface area contributed by atoms with E-state index < -0.39 is 4.87 Å². The fourth-order valence-electron chi connectivity index (χ4n) is 3.36. The van der Waals surface area contributed by atoms with Crippen molar-refractivity contribution >= 4 is 40.0 Å². The van der Waals surface area contributed by atoms with Gasteiger partial charge in [-0.25, -0.2) is 4.98 Å². The molecule has 1 atom stereocenters. The van der Waals surface area contributed by atoms with Gasteiger partial charge in [0.1, 0.15) is 0 Å². The molecule has 3 heterocycles. The molecule has 1 aromatic heterocycles. The number of fused-ring (bicyclic) bond motifs is 1. The molecule has 25 heavy (non-hydrogen) atoms. The molecule has 0 bridgehead atoms. The second kappa shape index (κ2) is 6.46. The smallest absolute Gasteiger partial charge is 0.262 e. The highest BCUT2D eigenvalue weighted by molar-refractivity contribution is 8.01. The fraction of sp³-hybridized carbons (Fsp3) is 0.389. The third-order valence-electron chi connectivity index (χ3n) is 4.70. The highest BCUT2D eigenvalue weighted by Crippen LogP contribution is 2.45. The zero-order chi connectivity index (χ0) is 17.4. The molecule has 2 aliphatic heterocycles. The Kier molecular flexibility index (Phi) is 4.29. The van der Waals surface area contributed by atoms with Gasteiger partial charge in [0, 0.05) is 36.2 Å². The number of thioether (sulfide) groups is 1. The van der Waals surface area contributed by atoms with Crippen LogP contribution in [-0.4, -0.2) is 38.9 Å². The van der Waals surface area contributed by atoms with Crippen molar-refractivity contribution in [1.29, 1.82) is 0 Å². The molecule has 0 radical (unpaired) electrons. The Labute approximate surface area is 154 Å². The first-order valence-corrected chi connectivity index (χ1v) is 10.1. The van der Waals surface area contributed by atoms with Gasteiger partial charge in [0.2, 0.25) is 5.91 Å². The summed E-state index contributed by atoms with van der Waals surface area (Å²) in [5, 5.41) is 3.54. The topological polar surface area (TPSA) is 62.3 Å². The summed E-state index contributed by atoms with van der Waals surface area (Å²) in [7, 11) is 0. The molecule has 2 amide bonds. The number of aryl methyl sites for hydroxylation is 1. The van der Waals surface area contributed by atoms with Crippen molar-refractivity contribution in [3.8, 4) is 0 Å². The molecule has 4 rings (SSSR count). The van der Waals surface area contributed by atoms with E-state index in [0.29, 0.717) is 24.5 Å². The van der Waals surface area contributed by atoms with E-state index in [2.05, 4.69) is 41.5 Å². The molecule has 1 aromatic carbocycles. The van der Waals surface area contributed by atoms with Crippen LogP contribution in [-0.2, 0) is 16.0 Å². The number of carbonyl (C=O) groups excluding carboxylic acids is 2. The van der Waals surface area contributed by atoms with Gasteiger partial charge in [-0.15, -0.1) is 23.1 Å². The first kappa shape index (κ1) is 16.6. The maximum absolute atomic E-state index is 12.8. The number of benzene rings is 1. The van der Waals surface area contributed by atoms with Crippen molar-refractivity contribution in [3.63, 3.8) is 0 Å². The number of rotatable bonds is 4. The van der Waals surface area contributed by atoms with Gasteiger partial charge in [0.05, 0.1) is 0 Å². The number of thiazole rings is 1. The van der Waals surface area contributed by atoms with Crippen LogP contribution in [0.2, 0.25) is 0 Å². The standard InChI is InChI=1S/C18H19N3O2S2/c1-12-2-4-13(5-3-12)10-14-11-19-17(25-14)20-16(23)18-7-6-15(22)21(18)8-9-24-18/h2-5,11H,6-10H2,1H3,(H,19,20,23)/t18-/m0/s1. The van der Waals surface area contributed by atoms with E-state index in [4.69, 9.17) is 0 Å². The first-order valence-electron chi connectivity index (χ1n) is 8.33. The average molecular weight is 374 g/mol. The summed E-state index contributed by atoms with van der Waals surface area (Å²) in [6.45, 7) is 2.73. The Balaban J connectivity index is 1.45. The first-order chi connectivity index (χ1) is 12.1. The number of hydrogen-bond donors (Lipinski definition) is 1. The number of hydrogen-bond acceptors (Lipinski definition) is 5. The summed E-state index contributed by atoms with van der Waals surface area (Å²) in [4.78, 5) is 31.2. The summed E-state index contributed by atoms with van der Waals surface area (Å²) in [5.41, 5.74) is 2.47. The van der Waals surface area contributed by atoms with Crippen molar-refractivity contribution in [2.24, 2.45) is 0 Å². The van der Waals surface area contributed by atoms with Crippen molar-refractivity contribution in [2.75, 3.05) is 17.6 Å². The van der Waals surface area contributed by atoms with Crippen molar-refractivity contribution in [3.05, 3.63) is 46.5 Å². The van der Waals surface area contributed by atoms with Crippen LogP contribution in [0, 0.1) is 6.92 Å². The molecule has 0 aliphatic carbocycles. The van der Waals surface area contributed by atoms with Crippen molar-refractivity contribution in [1.82, 2.24) is 9.88 Å². The van der Waals surface area contributed by atoms with Crippen LogP contribution in [0.25, 0.3) is 0 Å². The maximum Gasteiger partial charge on any atom is 0.262 e. The molecule has 130 valence electrons. The minimum atomic E-state index is -0.722. The number of aromatic nitrogens is 1. The third-order valence-corrected chi connectivity index (χ3v) is 7.09. The van der Waals surface area contributed by atoms with Gasteiger partial charge in [-0.05, 0) is 18.9 Å². The highest BCUT2D eigenvalue weighted by atomic mass is 32.2. The Morgan fingerprint density at radius 2 is 2.16 bits per heavy atom. The molecule has 0 saturated carbocycles. The molecule has 0 unspecified atom stereocenters. The van der Waals surface area contributed by atoms with Gasteiger partial charge >= 0.3 is 0 Å². The van der Waals surface area contributed by atoms with E-state index in [-0.39, 0.29) is 11.8 Å². The quantitative estimate of drug-likeness (QED) is 0.895. The third kappa shape index (κ3) is 3.06. The maximum atomic E-state index is 12.8. The Morgan fingerprint density at radius 1 is 1.36 bits per heavy atom. The van der Waals surface area contributed by atoms with E-state index in [1.54, 1.807) is 16.7 Å². The molecule has 5 nitrogen and oxygen atoms in total. The monoisotopic (exact) mass is 373 g/mol. The predicted octanol–water partition coefficient (Wildman–Crippen LogP) is 3.05. The van der Waals surface area contributed by atoms with Crippen LogP contribution in [0.1, 0.15) is 28.8 Å². The van der Waals surface area contributed by atoms with Crippen LogP contribution in [0.4, 0.5) is 5.13 Å².